The number of methoxy groups -OCH3 is 1. The van der Waals surface area contributed by atoms with Gasteiger partial charge in [-0.05, 0) is 26.0 Å². The number of ether oxygens (including phenoxy) is 1. The Morgan fingerprint density at radius 1 is 1.28 bits per heavy atom. The molecular formula is C13H13N3O2. The fourth-order valence-electron chi connectivity index (χ4n) is 1.99. The highest BCUT2D eigenvalue weighted by Crippen LogP contribution is 2.33. The monoisotopic (exact) mass is 243 g/mol. The third-order valence-corrected chi connectivity index (χ3v) is 2.95. The Morgan fingerprint density at radius 2 is 2.11 bits per heavy atom. The number of furan rings is 1. The first-order valence-corrected chi connectivity index (χ1v) is 5.65. The van der Waals surface area contributed by atoms with Crippen molar-refractivity contribution in [3.63, 3.8) is 0 Å². The molecule has 3 rings (SSSR count). The highest BCUT2D eigenvalue weighted by molar-refractivity contribution is 5.87. The molecule has 0 radical (unpaired) electrons. The van der Waals surface area contributed by atoms with Crippen molar-refractivity contribution in [2.75, 3.05) is 7.11 Å². The fraction of sp³-hybridized carbons (Fsp3) is 0.231. The average molecular weight is 243 g/mol. The Labute approximate surface area is 104 Å². The van der Waals surface area contributed by atoms with E-state index in [9.17, 15) is 0 Å². The van der Waals surface area contributed by atoms with Gasteiger partial charge in [0.1, 0.15) is 17.2 Å². The maximum absolute atomic E-state index is 5.82. The summed E-state index contributed by atoms with van der Waals surface area (Å²) in [6, 6.07) is 5.76. The number of aromatic nitrogens is 3. The molecule has 5 nitrogen and oxygen atoms in total. The van der Waals surface area contributed by atoms with Gasteiger partial charge in [-0.1, -0.05) is 0 Å². The lowest BCUT2D eigenvalue weighted by Gasteiger charge is -1.97. The lowest BCUT2D eigenvalue weighted by molar-refractivity contribution is 0.414. The lowest BCUT2D eigenvalue weighted by Crippen LogP contribution is -1.81. The molecule has 0 amide bonds. The van der Waals surface area contributed by atoms with Crippen LogP contribution < -0.4 is 4.74 Å². The van der Waals surface area contributed by atoms with Gasteiger partial charge in [0.25, 0.3) is 0 Å². The number of nitrogens with zero attached hydrogens (tertiary/aromatic N) is 2. The molecule has 0 spiro atoms. The van der Waals surface area contributed by atoms with Gasteiger partial charge in [-0.15, -0.1) is 0 Å². The van der Waals surface area contributed by atoms with Gasteiger partial charge < -0.3 is 9.15 Å². The average Bonchev–Trinajstić information content (AvgIpc) is 2.93. The largest absolute Gasteiger partial charge is 0.497 e. The smallest absolute Gasteiger partial charge is 0.217 e. The summed E-state index contributed by atoms with van der Waals surface area (Å²) < 4.78 is 11.0. The second kappa shape index (κ2) is 3.87. The zero-order chi connectivity index (χ0) is 12.7. The summed E-state index contributed by atoms with van der Waals surface area (Å²) in [7, 11) is 1.64. The fourth-order valence-corrected chi connectivity index (χ4v) is 1.99. The number of hydrogen-bond donors (Lipinski definition) is 1. The van der Waals surface area contributed by atoms with Crippen LogP contribution in [0.3, 0.4) is 0 Å². The van der Waals surface area contributed by atoms with Crippen LogP contribution in [0.5, 0.6) is 5.75 Å². The minimum absolute atomic E-state index is 0.583. The van der Waals surface area contributed by atoms with Crippen LogP contribution in [-0.2, 0) is 0 Å². The maximum Gasteiger partial charge on any atom is 0.217 e. The molecule has 0 aliphatic rings. The third kappa shape index (κ3) is 1.55. The Bertz CT molecular complexity index is 712. The normalized spacial score (nSPS) is 11.1. The summed E-state index contributed by atoms with van der Waals surface area (Å²) in [6.07, 6.45) is 0. The molecule has 5 heteroatoms. The first kappa shape index (κ1) is 10.8. The molecule has 2 aromatic heterocycles. The molecule has 0 aliphatic heterocycles. The molecule has 1 aromatic carbocycles. The van der Waals surface area contributed by atoms with Gasteiger partial charge in [-0.25, -0.2) is 4.98 Å². The Morgan fingerprint density at radius 3 is 2.78 bits per heavy atom. The molecule has 0 aliphatic carbocycles. The van der Waals surface area contributed by atoms with Crippen LogP contribution in [0.15, 0.2) is 22.6 Å². The molecule has 92 valence electrons. The van der Waals surface area contributed by atoms with E-state index in [0.717, 1.165) is 28.1 Å². The molecule has 0 unspecified atom stereocenters. The molecule has 18 heavy (non-hydrogen) atoms. The molecule has 1 N–H and O–H groups in total. The van der Waals surface area contributed by atoms with E-state index in [1.165, 1.54) is 0 Å². The van der Waals surface area contributed by atoms with E-state index in [0.29, 0.717) is 11.6 Å². The van der Waals surface area contributed by atoms with Gasteiger partial charge in [-0.3, -0.25) is 5.10 Å². The SMILES string of the molecule is COc1ccc2c(C)c(-c3n[nH]c(C)n3)oc2c1. The van der Waals surface area contributed by atoms with Gasteiger partial charge in [-0.2, -0.15) is 5.10 Å². The van der Waals surface area contributed by atoms with Crippen LogP contribution in [0, 0.1) is 13.8 Å². The van der Waals surface area contributed by atoms with Gasteiger partial charge in [0, 0.05) is 17.0 Å². The van der Waals surface area contributed by atoms with Gasteiger partial charge in [0.2, 0.25) is 5.82 Å². The van der Waals surface area contributed by atoms with E-state index in [2.05, 4.69) is 15.2 Å². The van der Waals surface area contributed by atoms with E-state index in [1.54, 1.807) is 7.11 Å². The molecule has 0 atom stereocenters. The van der Waals surface area contributed by atoms with Crippen LogP contribution >= 0.6 is 0 Å². The number of benzene rings is 1. The van der Waals surface area contributed by atoms with Crippen molar-refractivity contribution in [3.05, 3.63) is 29.6 Å². The molecule has 0 saturated carbocycles. The Kier molecular flexibility index (Phi) is 2.33. The minimum atomic E-state index is 0.583. The Hall–Kier alpha value is -2.30. The topological polar surface area (TPSA) is 63.9 Å². The number of hydrogen-bond acceptors (Lipinski definition) is 4. The number of aryl methyl sites for hydroxylation is 2. The predicted molar refractivity (Wildman–Crippen MR) is 67.6 cm³/mol. The summed E-state index contributed by atoms with van der Waals surface area (Å²) in [5, 5.41) is 7.99. The van der Waals surface area contributed by atoms with Crippen LogP contribution in [0.25, 0.3) is 22.6 Å². The van der Waals surface area contributed by atoms with Crippen molar-refractivity contribution < 1.29 is 9.15 Å². The van der Waals surface area contributed by atoms with Crippen molar-refractivity contribution >= 4 is 11.0 Å². The van der Waals surface area contributed by atoms with Crippen molar-refractivity contribution in [2.45, 2.75) is 13.8 Å². The van der Waals surface area contributed by atoms with Crippen LogP contribution in [0.1, 0.15) is 11.4 Å². The summed E-state index contributed by atoms with van der Waals surface area (Å²) in [5.41, 5.74) is 1.82. The molecule has 0 saturated heterocycles. The van der Waals surface area contributed by atoms with E-state index in [1.807, 2.05) is 32.0 Å². The minimum Gasteiger partial charge on any atom is -0.497 e. The number of nitrogens with one attached hydrogen (secondary N) is 1. The van der Waals surface area contributed by atoms with Gasteiger partial charge >= 0.3 is 0 Å². The predicted octanol–water partition coefficient (Wildman–Crippen LogP) is 2.84. The number of aromatic amines is 1. The van der Waals surface area contributed by atoms with Crippen LogP contribution in [0.4, 0.5) is 0 Å². The number of fused-ring (bicyclic) bond motifs is 1. The third-order valence-electron chi connectivity index (χ3n) is 2.95. The zero-order valence-electron chi connectivity index (χ0n) is 10.4. The van der Waals surface area contributed by atoms with E-state index >= 15 is 0 Å². The quantitative estimate of drug-likeness (QED) is 0.751. The maximum atomic E-state index is 5.82. The lowest BCUT2D eigenvalue weighted by atomic mass is 10.1. The first-order chi connectivity index (χ1) is 8.69. The highest BCUT2D eigenvalue weighted by Gasteiger charge is 2.16. The summed E-state index contributed by atoms with van der Waals surface area (Å²) >= 11 is 0. The van der Waals surface area contributed by atoms with Crippen molar-refractivity contribution in [1.29, 1.82) is 0 Å². The summed E-state index contributed by atoms with van der Waals surface area (Å²) in [6.45, 7) is 3.86. The Balaban J connectivity index is 2.22. The van der Waals surface area contributed by atoms with E-state index < -0.39 is 0 Å². The second-order valence-corrected chi connectivity index (χ2v) is 4.16. The second-order valence-electron chi connectivity index (χ2n) is 4.16. The zero-order valence-corrected chi connectivity index (χ0v) is 10.4. The molecule has 0 bridgehead atoms. The van der Waals surface area contributed by atoms with Crippen molar-refractivity contribution in [1.82, 2.24) is 15.2 Å². The number of rotatable bonds is 2. The highest BCUT2D eigenvalue weighted by atomic mass is 16.5. The summed E-state index contributed by atoms with van der Waals surface area (Å²) in [4.78, 5) is 4.29. The molecule has 3 aromatic rings. The first-order valence-electron chi connectivity index (χ1n) is 5.65. The summed E-state index contributed by atoms with van der Waals surface area (Å²) in [5.74, 6) is 2.82. The number of H-pyrrole nitrogens is 1. The van der Waals surface area contributed by atoms with Crippen LogP contribution in [-0.4, -0.2) is 22.3 Å². The van der Waals surface area contributed by atoms with E-state index in [-0.39, 0.29) is 0 Å². The molecular weight excluding hydrogens is 230 g/mol. The van der Waals surface area contributed by atoms with Crippen molar-refractivity contribution in [2.24, 2.45) is 0 Å². The molecule has 2 heterocycles. The van der Waals surface area contributed by atoms with Gasteiger partial charge in [0.05, 0.1) is 7.11 Å². The van der Waals surface area contributed by atoms with E-state index in [4.69, 9.17) is 9.15 Å². The standard InChI is InChI=1S/C13H13N3O2/c1-7-10-5-4-9(17-3)6-11(10)18-12(7)13-14-8(2)15-16-13/h4-6H,1-3H3,(H,14,15,16). The van der Waals surface area contributed by atoms with Gasteiger partial charge in [0.15, 0.2) is 5.76 Å². The van der Waals surface area contributed by atoms with Crippen LogP contribution in [0.2, 0.25) is 0 Å². The molecule has 0 fully saturated rings. The van der Waals surface area contributed by atoms with Crippen molar-refractivity contribution in [3.8, 4) is 17.3 Å².